The largest absolute Gasteiger partial charge is 0.390 e. The molecule has 0 heterocycles. The molecule has 196 valence electrons. The highest BCUT2D eigenvalue weighted by molar-refractivity contribution is 4.94. The molecular formula is C30H58O3. The molecule has 0 saturated carbocycles. The van der Waals surface area contributed by atoms with Crippen LogP contribution in [0.15, 0.2) is 23.3 Å². The molecule has 0 aliphatic heterocycles. The third-order valence-electron chi connectivity index (χ3n) is 7.55. The van der Waals surface area contributed by atoms with E-state index in [4.69, 9.17) is 0 Å². The topological polar surface area (TPSA) is 60.7 Å². The van der Waals surface area contributed by atoms with Gasteiger partial charge in [0.05, 0.1) is 5.60 Å². The van der Waals surface area contributed by atoms with Gasteiger partial charge in [0, 0.05) is 5.41 Å². The maximum absolute atomic E-state index is 10.7. The number of aliphatic hydroxyl groups excluding tert-OH is 1. The standard InChI is InChI=1S/C30H58O3/c1-23(2)13-10-15-25(5)18-21-30(28(31)32,27(7)17-12-20-29(8,9)33)22-19-26(6)16-11-14-24(3)4/h13-14,25-28,31-33H,10-12,15-22H2,1-9H3. The first-order chi connectivity index (χ1) is 15.2. The van der Waals surface area contributed by atoms with Gasteiger partial charge in [0.2, 0.25) is 0 Å². The second kappa shape index (κ2) is 16.1. The van der Waals surface area contributed by atoms with E-state index in [0.29, 0.717) is 11.8 Å². The van der Waals surface area contributed by atoms with Gasteiger partial charge in [-0.3, -0.25) is 0 Å². The molecule has 0 aromatic carbocycles. The van der Waals surface area contributed by atoms with Crippen LogP contribution in [0.2, 0.25) is 0 Å². The van der Waals surface area contributed by atoms with Crippen LogP contribution in [-0.4, -0.2) is 27.2 Å². The zero-order valence-corrected chi connectivity index (χ0v) is 23.6. The first-order valence-electron chi connectivity index (χ1n) is 13.5. The summed E-state index contributed by atoms with van der Waals surface area (Å²) >= 11 is 0. The highest BCUT2D eigenvalue weighted by Gasteiger charge is 2.41. The van der Waals surface area contributed by atoms with E-state index in [1.54, 1.807) is 0 Å². The number of hydrogen-bond donors (Lipinski definition) is 3. The predicted octanol–water partition coefficient (Wildman–Crippen LogP) is 8.19. The molecule has 3 N–H and O–H groups in total. The Bertz CT molecular complexity index is 528. The molecule has 3 heteroatoms. The highest BCUT2D eigenvalue weighted by atomic mass is 16.5. The van der Waals surface area contributed by atoms with Crippen molar-refractivity contribution in [3.05, 3.63) is 23.3 Å². The molecule has 0 fully saturated rings. The average Bonchev–Trinajstić information content (AvgIpc) is 2.66. The average molecular weight is 467 g/mol. The van der Waals surface area contributed by atoms with Gasteiger partial charge in [-0.25, -0.2) is 0 Å². The van der Waals surface area contributed by atoms with Gasteiger partial charge in [-0.1, -0.05) is 50.5 Å². The number of rotatable bonds is 18. The molecule has 3 atom stereocenters. The number of aliphatic hydroxyl groups is 3. The van der Waals surface area contributed by atoms with Crippen molar-refractivity contribution in [1.82, 2.24) is 0 Å². The van der Waals surface area contributed by atoms with Gasteiger partial charge < -0.3 is 15.3 Å². The summed E-state index contributed by atoms with van der Waals surface area (Å²) in [4.78, 5) is 0. The van der Waals surface area contributed by atoms with Crippen molar-refractivity contribution in [2.75, 3.05) is 0 Å². The fraction of sp³-hybridized carbons (Fsp3) is 0.867. The molecule has 0 saturated heterocycles. The van der Waals surface area contributed by atoms with E-state index in [9.17, 15) is 15.3 Å². The van der Waals surface area contributed by atoms with E-state index in [1.165, 1.54) is 11.1 Å². The van der Waals surface area contributed by atoms with Crippen LogP contribution in [0.5, 0.6) is 0 Å². The van der Waals surface area contributed by atoms with Crippen LogP contribution >= 0.6 is 0 Å². The van der Waals surface area contributed by atoms with Crippen LogP contribution in [0.3, 0.4) is 0 Å². The fourth-order valence-corrected chi connectivity index (χ4v) is 4.89. The fourth-order valence-electron chi connectivity index (χ4n) is 4.89. The SMILES string of the molecule is CC(C)=CCCC(C)CCC(CCC(C)CCC=C(C)C)(C(O)O)C(C)CCCC(C)(C)O. The van der Waals surface area contributed by atoms with Crippen LogP contribution in [0.4, 0.5) is 0 Å². The van der Waals surface area contributed by atoms with Gasteiger partial charge >= 0.3 is 0 Å². The normalized spacial score (nSPS) is 16.8. The summed E-state index contributed by atoms with van der Waals surface area (Å²) in [5.41, 5.74) is 1.59. The quantitative estimate of drug-likeness (QED) is 0.141. The third-order valence-corrected chi connectivity index (χ3v) is 7.55. The van der Waals surface area contributed by atoms with Gasteiger partial charge in [-0.05, 0) is 124 Å². The Kier molecular flexibility index (Phi) is 15.8. The van der Waals surface area contributed by atoms with Crippen molar-refractivity contribution in [2.24, 2.45) is 23.2 Å². The second-order valence-electron chi connectivity index (χ2n) is 12.2. The van der Waals surface area contributed by atoms with E-state index in [2.05, 4.69) is 60.6 Å². The molecule has 0 aliphatic rings. The van der Waals surface area contributed by atoms with Crippen LogP contribution in [0.1, 0.15) is 133 Å². The van der Waals surface area contributed by atoms with E-state index >= 15 is 0 Å². The minimum Gasteiger partial charge on any atom is -0.390 e. The molecule has 0 radical (unpaired) electrons. The zero-order valence-electron chi connectivity index (χ0n) is 23.6. The van der Waals surface area contributed by atoms with Gasteiger partial charge in [-0.2, -0.15) is 0 Å². The van der Waals surface area contributed by atoms with Crippen molar-refractivity contribution in [1.29, 1.82) is 0 Å². The van der Waals surface area contributed by atoms with Gasteiger partial charge in [-0.15, -0.1) is 0 Å². The van der Waals surface area contributed by atoms with E-state index in [0.717, 1.165) is 70.6 Å². The Morgan fingerprint density at radius 2 is 1.12 bits per heavy atom. The second-order valence-corrected chi connectivity index (χ2v) is 12.2. The number of allylic oxidation sites excluding steroid dienone is 4. The lowest BCUT2D eigenvalue weighted by molar-refractivity contribution is -0.168. The van der Waals surface area contributed by atoms with Gasteiger partial charge in [0.1, 0.15) is 0 Å². The van der Waals surface area contributed by atoms with E-state index in [-0.39, 0.29) is 5.92 Å². The molecule has 0 aromatic heterocycles. The molecule has 3 unspecified atom stereocenters. The maximum Gasteiger partial charge on any atom is 0.157 e. The molecule has 0 aliphatic carbocycles. The zero-order chi connectivity index (χ0) is 25.7. The van der Waals surface area contributed by atoms with Crippen LogP contribution in [0.25, 0.3) is 0 Å². The maximum atomic E-state index is 10.7. The monoisotopic (exact) mass is 466 g/mol. The first kappa shape index (κ1) is 32.4. The summed E-state index contributed by atoms with van der Waals surface area (Å²) in [6.07, 6.45) is 14.1. The molecule has 3 nitrogen and oxygen atoms in total. The van der Waals surface area contributed by atoms with Gasteiger partial charge in [0.25, 0.3) is 0 Å². The van der Waals surface area contributed by atoms with E-state index < -0.39 is 17.3 Å². The Morgan fingerprint density at radius 1 is 0.697 bits per heavy atom. The molecule has 0 rings (SSSR count). The highest BCUT2D eigenvalue weighted by Crippen LogP contribution is 2.45. The summed E-state index contributed by atoms with van der Waals surface area (Å²) in [5, 5.41) is 31.5. The lowest BCUT2D eigenvalue weighted by atomic mass is 9.65. The van der Waals surface area contributed by atoms with Crippen LogP contribution in [0, 0.1) is 23.2 Å². The third kappa shape index (κ3) is 15.1. The lowest BCUT2D eigenvalue weighted by Crippen LogP contribution is -2.42. The Balaban J connectivity index is 5.30. The Labute approximate surface area is 206 Å². The number of hydrogen-bond acceptors (Lipinski definition) is 3. The van der Waals surface area contributed by atoms with Crippen LogP contribution < -0.4 is 0 Å². The summed E-state index contributed by atoms with van der Waals surface area (Å²) in [7, 11) is 0. The summed E-state index contributed by atoms with van der Waals surface area (Å²) in [6, 6.07) is 0. The van der Waals surface area contributed by atoms with E-state index in [1.807, 2.05) is 13.8 Å². The minimum absolute atomic E-state index is 0.204. The Hall–Kier alpha value is -0.640. The van der Waals surface area contributed by atoms with Crippen LogP contribution in [-0.2, 0) is 0 Å². The smallest absolute Gasteiger partial charge is 0.157 e. The molecular weight excluding hydrogens is 408 g/mol. The molecule has 0 amide bonds. The van der Waals surface area contributed by atoms with Crippen molar-refractivity contribution in [3.8, 4) is 0 Å². The van der Waals surface area contributed by atoms with Crippen molar-refractivity contribution in [3.63, 3.8) is 0 Å². The molecule has 33 heavy (non-hydrogen) atoms. The van der Waals surface area contributed by atoms with Crippen molar-refractivity contribution >= 4 is 0 Å². The first-order valence-corrected chi connectivity index (χ1v) is 13.5. The lowest BCUT2D eigenvalue weighted by Gasteiger charge is -2.42. The van der Waals surface area contributed by atoms with Crippen molar-refractivity contribution < 1.29 is 15.3 Å². The minimum atomic E-state index is -1.30. The summed E-state index contributed by atoms with van der Waals surface area (Å²) in [5.74, 6) is 1.34. The predicted molar refractivity (Wildman–Crippen MR) is 144 cm³/mol. The molecule has 0 bridgehead atoms. The molecule has 0 spiro atoms. The summed E-state index contributed by atoms with van der Waals surface area (Å²) < 4.78 is 0. The van der Waals surface area contributed by atoms with Crippen molar-refractivity contribution in [2.45, 2.75) is 145 Å². The van der Waals surface area contributed by atoms with Gasteiger partial charge in [0.15, 0.2) is 6.29 Å². The summed E-state index contributed by atoms with van der Waals surface area (Å²) in [6.45, 7) is 19.1. The molecule has 0 aromatic rings. The Morgan fingerprint density at radius 3 is 1.45 bits per heavy atom.